The molecule has 0 saturated heterocycles. The van der Waals surface area contributed by atoms with E-state index in [9.17, 15) is 9.59 Å². The lowest BCUT2D eigenvalue weighted by Gasteiger charge is -2.17. The number of carboxylic acid groups (broad SMARTS) is 1. The predicted octanol–water partition coefficient (Wildman–Crippen LogP) is 2.96. The molecule has 1 atom stereocenters. The molecule has 3 N–H and O–H groups in total. The van der Waals surface area contributed by atoms with Gasteiger partial charge < -0.3 is 15.7 Å². The van der Waals surface area contributed by atoms with Gasteiger partial charge in [-0.2, -0.15) is 11.8 Å². The Morgan fingerprint density at radius 1 is 1.40 bits per heavy atom. The molecule has 20 heavy (non-hydrogen) atoms. The van der Waals surface area contributed by atoms with Gasteiger partial charge in [0, 0.05) is 17.5 Å². The lowest BCUT2D eigenvalue weighted by Crippen LogP contribution is -2.39. The maximum absolute atomic E-state index is 11.9. The van der Waals surface area contributed by atoms with E-state index in [0.29, 0.717) is 5.69 Å². The number of hydrogen-bond donors (Lipinski definition) is 3. The molecule has 2 amide bonds. The monoisotopic (exact) mass is 296 g/mol. The van der Waals surface area contributed by atoms with Gasteiger partial charge in [-0.3, -0.25) is 0 Å². The average Bonchev–Trinajstić information content (AvgIpc) is 2.40. The Kier molecular flexibility index (Phi) is 6.38. The third kappa shape index (κ3) is 4.77. The Morgan fingerprint density at radius 3 is 2.60 bits per heavy atom. The molecule has 0 bridgehead atoms. The van der Waals surface area contributed by atoms with Crippen LogP contribution in [0.1, 0.15) is 29.3 Å². The Labute approximate surface area is 123 Å². The van der Waals surface area contributed by atoms with Crippen LogP contribution in [0.2, 0.25) is 0 Å². The van der Waals surface area contributed by atoms with E-state index in [1.807, 2.05) is 13.2 Å². The number of carbonyl (C=O) groups excluding carboxylic acids is 1. The van der Waals surface area contributed by atoms with Crippen molar-refractivity contribution in [2.24, 2.45) is 0 Å². The molecule has 0 saturated carbocycles. The molecule has 0 aliphatic heterocycles. The SMILES string of the molecule is CCC(CSC)NC(=O)Nc1ccc(C(=O)O)cc1C. The fourth-order valence-electron chi connectivity index (χ4n) is 1.74. The lowest BCUT2D eigenvalue weighted by molar-refractivity contribution is 0.0697. The molecule has 0 spiro atoms. The zero-order valence-corrected chi connectivity index (χ0v) is 12.7. The van der Waals surface area contributed by atoms with Crippen LogP contribution < -0.4 is 10.6 Å². The number of urea groups is 1. The summed E-state index contributed by atoms with van der Waals surface area (Å²) in [5.74, 6) is -0.115. The van der Waals surface area contributed by atoms with Crippen molar-refractivity contribution in [1.29, 1.82) is 0 Å². The summed E-state index contributed by atoms with van der Waals surface area (Å²) in [6.07, 6.45) is 2.86. The summed E-state index contributed by atoms with van der Waals surface area (Å²) in [6, 6.07) is 4.48. The van der Waals surface area contributed by atoms with Gasteiger partial charge in [-0.05, 0) is 43.4 Å². The second kappa shape index (κ2) is 7.79. The van der Waals surface area contributed by atoms with Gasteiger partial charge in [-0.1, -0.05) is 6.92 Å². The Bertz CT molecular complexity index is 491. The van der Waals surface area contributed by atoms with Crippen LogP contribution in [0.4, 0.5) is 10.5 Å². The van der Waals surface area contributed by atoms with Gasteiger partial charge in [0.2, 0.25) is 0 Å². The molecular formula is C14H20N2O3S. The van der Waals surface area contributed by atoms with E-state index < -0.39 is 5.97 Å². The smallest absolute Gasteiger partial charge is 0.335 e. The third-order valence-electron chi connectivity index (χ3n) is 2.92. The first-order valence-electron chi connectivity index (χ1n) is 6.38. The van der Waals surface area contributed by atoms with Gasteiger partial charge >= 0.3 is 12.0 Å². The normalized spacial score (nSPS) is 11.8. The summed E-state index contributed by atoms with van der Waals surface area (Å²) < 4.78 is 0. The first-order chi connectivity index (χ1) is 9.47. The maximum Gasteiger partial charge on any atom is 0.335 e. The number of carbonyl (C=O) groups is 2. The molecule has 0 heterocycles. The Balaban J connectivity index is 2.68. The van der Waals surface area contributed by atoms with E-state index in [1.54, 1.807) is 24.8 Å². The number of thioether (sulfide) groups is 1. The van der Waals surface area contributed by atoms with E-state index in [1.165, 1.54) is 12.1 Å². The number of benzene rings is 1. The molecule has 0 aliphatic carbocycles. The van der Waals surface area contributed by atoms with Crippen LogP contribution in [-0.2, 0) is 0 Å². The summed E-state index contributed by atoms with van der Waals surface area (Å²) in [7, 11) is 0. The van der Waals surface area contributed by atoms with E-state index in [4.69, 9.17) is 5.11 Å². The van der Waals surface area contributed by atoms with Crippen molar-refractivity contribution in [3.63, 3.8) is 0 Å². The minimum atomic E-state index is -0.977. The van der Waals surface area contributed by atoms with Crippen molar-refractivity contribution in [1.82, 2.24) is 5.32 Å². The summed E-state index contributed by atoms with van der Waals surface area (Å²) in [5, 5.41) is 14.5. The molecular weight excluding hydrogens is 276 g/mol. The molecule has 0 aromatic heterocycles. The first kappa shape index (κ1) is 16.4. The third-order valence-corrected chi connectivity index (χ3v) is 3.65. The van der Waals surface area contributed by atoms with Gasteiger partial charge in [0.05, 0.1) is 5.56 Å². The molecule has 0 fully saturated rings. The Morgan fingerprint density at radius 2 is 2.10 bits per heavy atom. The number of aromatic carboxylic acids is 1. The van der Waals surface area contributed by atoms with Crippen molar-refractivity contribution < 1.29 is 14.7 Å². The second-order valence-electron chi connectivity index (χ2n) is 4.49. The predicted molar refractivity (Wildman–Crippen MR) is 82.8 cm³/mol. The molecule has 0 aliphatic rings. The zero-order valence-electron chi connectivity index (χ0n) is 11.9. The number of anilines is 1. The van der Waals surface area contributed by atoms with Crippen molar-refractivity contribution >= 4 is 29.4 Å². The number of carboxylic acids is 1. The van der Waals surface area contributed by atoms with Gasteiger partial charge in [-0.15, -0.1) is 0 Å². The van der Waals surface area contributed by atoms with Crippen LogP contribution in [0.15, 0.2) is 18.2 Å². The number of nitrogens with one attached hydrogen (secondary N) is 2. The molecule has 1 unspecified atom stereocenters. The topological polar surface area (TPSA) is 78.4 Å². The highest BCUT2D eigenvalue weighted by atomic mass is 32.2. The lowest BCUT2D eigenvalue weighted by atomic mass is 10.1. The molecule has 6 heteroatoms. The molecule has 1 rings (SSSR count). The van der Waals surface area contributed by atoms with E-state index in [-0.39, 0.29) is 17.6 Å². The largest absolute Gasteiger partial charge is 0.478 e. The van der Waals surface area contributed by atoms with E-state index >= 15 is 0 Å². The summed E-state index contributed by atoms with van der Waals surface area (Å²) in [4.78, 5) is 22.7. The van der Waals surface area contributed by atoms with Crippen molar-refractivity contribution in [3.8, 4) is 0 Å². The molecule has 1 aromatic carbocycles. The van der Waals surface area contributed by atoms with Crippen LogP contribution in [0.25, 0.3) is 0 Å². The van der Waals surface area contributed by atoms with Gasteiger partial charge in [0.15, 0.2) is 0 Å². The van der Waals surface area contributed by atoms with E-state index in [2.05, 4.69) is 10.6 Å². The van der Waals surface area contributed by atoms with Crippen LogP contribution in [0.5, 0.6) is 0 Å². The average molecular weight is 296 g/mol. The highest BCUT2D eigenvalue weighted by Crippen LogP contribution is 2.16. The van der Waals surface area contributed by atoms with Crippen molar-refractivity contribution in [2.75, 3.05) is 17.3 Å². The highest BCUT2D eigenvalue weighted by molar-refractivity contribution is 7.98. The summed E-state index contributed by atoms with van der Waals surface area (Å²) >= 11 is 1.68. The molecule has 110 valence electrons. The van der Waals surface area contributed by atoms with Crippen LogP contribution in [-0.4, -0.2) is 35.2 Å². The van der Waals surface area contributed by atoms with Gasteiger partial charge in [0.25, 0.3) is 0 Å². The zero-order chi connectivity index (χ0) is 15.1. The standard InChI is InChI=1S/C14H20N2O3S/c1-4-11(8-20-3)15-14(19)16-12-6-5-10(13(17)18)7-9(12)2/h5-7,11H,4,8H2,1-3H3,(H,17,18)(H2,15,16,19). The van der Waals surface area contributed by atoms with Crippen LogP contribution >= 0.6 is 11.8 Å². The first-order valence-corrected chi connectivity index (χ1v) is 7.77. The van der Waals surface area contributed by atoms with Crippen molar-refractivity contribution in [2.45, 2.75) is 26.3 Å². The van der Waals surface area contributed by atoms with Crippen LogP contribution in [0, 0.1) is 6.92 Å². The number of rotatable bonds is 6. The maximum atomic E-state index is 11.9. The second-order valence-corrected chi connectivity index (χ2v) is 5.40. The number of aryl methyl sites for hydroxylation is 1. The van der Waals surface area contributed by atoms with E-state index in [0.717, 1.165) is 17.7 Å². The molecule has 0 radical (unpaired) electrons. The molecule has 5 nitrogen and oxygen atoms in total. The quantitative estimate of drug-likeness (QED) is 0.754. The van der Waals surface area contributed by atoms with Crippen molar-refractivity contribution in [3.05, 3.63) is 29.3 Å². The molecule has 1 aromatic rings. The number of amides is 2. The minimum absolute atomic E-state index is 0.128. The minimum Gasteiger partial charge on any atom is -0.478 e. The highest BCUT2D eigenvalue weighted by Gasteiger charge is 2.11. The number of hydrogen-bond acceptors (Lipinski definition) is 3. The summed E-state index contributed by atoms with van der Waals surface area (Å²) in [6.45, 7) is 3.79. The van der Waals surface area contributed by atoms with Crippen LogP contribution in [0.3, 0.4) is 0 Å². The van der Waals surface area contributed by atoms with Gasteiger partial charge in [0.1, 0.15) is 0 Å². The fraction of sp³-hybridized carbons (Fsp3) is 0.429. The van der Waals surface area contributed by atoms with Gasteiger partial charge in [-0.25, -0.2) is 9.59 Å². The summed E-state index contributed by atoms with van der Waals surface area (Å²) in [5.41, 5.74) is 1.55. The Hall–Kier alpha value is -1.69. The fourth-order valence-corrected chi connectivity index (χ4v) is 2.46.